The smallest absolute Gasteiger partial charge is 0.309 e. The van der Waals surface area contributed by atoms with E-state index in [2.05, 4.69) is 6.92 Å². The highest BCUT2D eigenvalue weighted by atomic mass is 16.6. The molecular weight excluding hydrogens is 624 g/mol. The standard InChI is InChI=1S/C40H56O9/c1-4-25(35(42)46-32-26-13-30-31(14-26)37(44)47-33(30)32)12-27(36(43)48-38(3)28-8-21-6-22(10-28)11-29(38)9-21)5-20(2)34(41)49-40-17-23-7-24(18-40)16-39(45,15-23)19-40/h20-33,45H,4-19H2,1-3H3. The molecule has 11 aliphatic rings. The fourth-order valence-corrected chi connectivity index (χ4v) is 14.0. The van der Waals surface area contributed by atoms with Gasteiger partial charge in [0, 0.05) is 18.3 Å². The summed E-state index contributed by atoms with van der Waals surface area (Å²) in [6, 6.07) is 0. The topological polar surface area (TPSA) is 125 Å². The first-order valence-electron chi connectivity index (χ1n) is 19.9. The van der Waals surface area contributed by atoms with E-state index in [4.69, 9.17) is 18.9 Å². The number of esters is 4. The Morgan fingerprint density at radius 3 is 2.10 bits per heavy atom. The number of hydrogen-bond donors (Lipinski definition) is 1. The predicted molar refractivity (Wildman–Crippen MR) is 175 cm³/mol. The van der Waals surface area contributed by atoms with Crippen molar-refractivity contribution in [2.45, 2.75) is 153 Å². The van der Waals surface area contributed by atoms with Crippen LogP contribution in [-0.2, 0) is 38.1 Å². The molecule has 9 heteroatoms. The zero-order valence-electron chi connectivity index (χ0n) is 29.6. The molecule has 49 heavy (non-hydrogen) atoms. The van der Waals surface area contributed by atoms with Crippen LogP contribution < -0.4 is 0 Å². The van der Waals surface area contributed by atoms with Gasteiger partial charge in [-0.25, -0.2) is 0 Å². The molecule has 10 atom stereocenters. The molecule has 0 aromatic rings. The monoisotopic (exact) mass is 680 g/mol. The van der Waals surface area contributed by atoms with Crippen LogP contribution in [0.15, 0.2) is 0 Å². The Morgan fingerprint density at radius 1 is 0.816 bits per heavy atom. The van der Waals surface area contributed by atoms with Crippen LogP contribution in [0.3, 0.4) is 0 Å². The molecule has 9 nitrogen and oxygen atoms in total. The van der Waals surface area contributed by atoms with Gasteiger partial charge in [-0.3, -0.25) is 19.2 Å². The summed E-state index contributed by atoms with van der Waals surface area (Å²) < 4.78 is 24.8. The second kappa shape index (κ2) is 11.4. The van der Waals surface area contributed by atoms with Crippen LogP contribution in [-0.4, -0.2) is 58.0 Å². The van der Waals surface area contributed by atoms with E-state index in [-0.39, 0.29) is 60.6 Å². The van der Waals surface area contributed by atoms with Crippen molar-refractivity contribution in [1.82, 2.24) is 0 Å². The first-order valence-corrected chi connectivity index (χ1v) is 19.9. The number of carbonyl (C=O) groups is 4. The molecule has 1 aliphatic heterocycles. The lowest BCUT2D eigenvalue weighted by molar-refractivity contribution is -0.222. The van der Waals surface area contributed by atoms with Crippen LogP contribution in [0.2, 0.25) is 0 Å². The molecule has 0 aromatic carbocycles. The average molecular weight is 681 g/mol. The minimum atomic E-state index is -0.737. The fourth-order valence-electron chi connectivity index (χ4n) is 14.0. The lowest BCUT2D eigenvalue weighted by Gasteiger charge is -2.59. The molecule has 10 bridgehead atoms. The van der Waals surface area contributed by atoms with Crippen molar-refractivity contribution in [3.8, 4) is 0 Å². The summed E-state index contributed by atoms with van der Waals surface area (Å²) in [5, 5.41) is 11.2. The zero-order valence-corrected chi connectivity index (χ0v) is 29.6. The van der Waals surface area contributed by atoms with E-state index >= 15 is 0 Å². The summed E-state index contributed by atoms with van der Waals surface area (Å²) in [7, 11) is 0. The van der Waals surface area contributed by atoms with E-state index in [1.165, 1.54) is 6.42 Å². The highest BCUT2D eigenvalue weighted by Gasteiger charge is 2.64. The van der Waals surface area contributed by atoms with Crippen molar-refractivity contribution >= 4 is 23.9 Å². The van der Waals surface area contributed by atoms with Crippen LogP contribution >= 0.6 is 0 Å². The minimum absolute atomic E-state index is 0.0554. The van der Waals surface area contributed by atoms with Crippen LogP contribution in [0.1, 0.15) is 124 Å². The van der Waals surface area contributed by atoms with Crippen molar-refractivity contribution in [1.29, 1.82) is 0 Å². The van der Waals surface area contributed by atoms with Crippen LogP contribution in [0.5, 0.6) is 0 Å². The van der Waals surface area contributed by atoms with E-state index in [1.807, 2.05) is 13.8 Å². The Kier molecular flexibility index (Phi) is 7.63. The van der Waals surface area contributed by atoms with Gasteiger partial charge in [0.15, 0.2) is 0 Å². The van der Waals surface area contributed by atoms with E-state index < -0.39 is 40.7 Å². The van der Waals surface area contributed by atoms with Crippen molar-refractivity contribution in [2.75, 3.05) is 0 Å². The Hall–Kier alpha value is -2.16. The Morgan fingerprint density at radius 2 is 1.47 bits per heavy atom. The van der Waals surface area contributed by atoms with E-state index in [0.717, 1.165) is 76.0 Å². The quantitative estimate of drug-likeness (QED) is 0.209. The first kappa shape index (κ1) is 32.7. The van der Waals surface area contributed by atoms with Crippen LogP contribution in [0.4, 0.5) is 0 Å². The van der Waals surface area contributed by atoms with Gasteiger partial charge in [-0.2, -0.15) is 0 Å². The highest BCUT2D eigenvalue weighted by molar-refractivity contribution is 5.79. The van der Waals surface area contributed by atoms with Gasteiger partial charge in [0.05, 0.1) is 29.3 Å². The van der Waals surface area contributed by atoms with E-state index in [0.29, 0.717) is 42.9 Å². The van der Waals surface area contributed by atoms with Crippen molar-refractivity contribution in [3.63, 3.8) is 0 Å². The number of hydrogen-bond acceptors (Lipinski definition) is 9. The van der Waals surface area contributed by atoms with Gasteiger partial charge >= 0.3 is 23.9 Å². The lowest BCUT2D eigenvalue weighted by atomic mass is 9.50. The van der Waals surface area contributed by atoms with Gasteiger partial charge in [0.25, 0.3) is 0 Å². The third-order valence-corrected chi connectivity index (χ3v) is 15.8. The second-order valence-corrected chi connectivity index (χ2v) is 19.2. The van der Waals surface area contributed by atoms with E-state index in [1.54, 1.807) is 0 Å². The first-order chi connectivity index (χ1) is 23.3. The summed E-state index contributed by atoms with van der Waals surface area (Å²) in [6.07, 6.45) is 12.3. The molecular formula is C40H56O9. The summed E-state index contributed by atoms with van der Waals surface area (Å²) in [5.74, 6) is 0.294. The molecule has 1 heterocycles. The van der Waals surface area contributed by atoms with Gasteiger partial charge in [0.2, 0.25) is 0 Å². The molecule has 1 saturated heterocycles. The average Bonchev–Trinajstić information content (AvgIpc) is 3.65. The van der Waals surface area contributed by atoms with Gasteiger partial charge in [0.1, 0.15) is 23.4 Å². The maximum atomic E-state index is 14.4. The third kappa shape index (κ3) is 5.39. The summed E-state index contributed by atoms with van der Waals surface area (Å²) in [6.45, 7) is 5.92. The number of fused-ring (bicyclic) bond motifs is 1. The molecule has 0 radical (unpaired) electrons. The zero-order chi connectivity index (χ0) is 34.0. The Labute approximate surface area is 290 Å². The normalized spacial score (nSPS) is 49.5. The molecule has 11 rings (SSSR count). The molecule has 10 saturated carbocycles. The lowest BCUT2D eigenvalue weighted by Crippen LogP contribution is -2.60. The maximum absolute atomic E-state index is 14.4. The molecule has 0 amide bonds. The van der Waals surface area contributed by atoms with Gasteiger partial charge in [-0.05, 0) is 139 Å². The maximum Gasteiger partial charge on any atom is 0.309 e. The Balaban J connectivity index is 0.912. The number of carbonyl (C=O) groups excluding carboxylic acids is 4. The Bertz CT molecular complexity index is 1360. The molecule has 10 unspecified atom stereocenters. The predicted octanol–water partition coefficient (Wildman–Crippen LogP) is 5.92. The van der Waals surface area contributed by atoms with Crippen LogP contribution in [0, 0.1) is 71.0 Å². The molecule has 0 spiro atoms. The fraction of sp³-hybridized carbons (Fsp3) is 0.900. The van der Waals surface area contributed by atoms with Crippen LogP contribution in [0.25, 0.3) is 0 Å². The number of ether oxygens (including phenoxy) is 4. The molecule has 270 valence electrons. The minimum Gasteiger partial charge on any atom is -0.459 e. The van der Waals surface area contributed by atoms with Gasteiger partial charge in [-0.1, -0.05) is 13.8 Å². The largest absolute Gasteiger partial charge is 0.459 e. The van der Waals surface area contributed by atoms with Crippen molar-refractivity contribution < 1.29 is 43.2 Å². The van der Waals surface area contributed by atoms with Gasteiger partial charge in [-0.15, -0.1) is 0 Å². The van der Waals surface area contributed by atoms with Gasteiger partial charge < -0.3 is 24.1 Å². The molecule has 10 aliphatic carbocycles. The molecule has 1 N–H and O–H groups in total. The summed E-state index contributed by atoms with van der Waals surface area (Å²) in [5.41, 5.74) is -1.87. The SMILES string of the molecule is CCC(CC(CC(C)C(=O)OC12CC3CC(CC(O)(C3)C1)C2)C(=O)OC1(C)C2CC3CC(C2)CC1C3)C(=O)OC1C2CC3C(=O)OC1C3C2. The number of rotatable bonds is 11. The summed E-state index contributed by atoms with van der Waals surface area (Å²) in [4.78, 5) is 54.4. The van der Waals surface area contributed by atoms with E-state index in [9.17, 15) is 24.3 Å². The second-order valence-electron chi connectivity index (χ2n) is 19.2. The molecule has 0 aromatic heterocycles. The van der Waals surface area contributed by atoms with Crippen molar-refractivity contribution in [2.24, 2.45) is 71.0 Å². The molecule has 11 fully saturated rings. The summed E-state index contributed by atoms with van der Waals surface area (Å²) >= 11 is 0. The highest BCUT2D eigenvalue weighted by Crippen LogP contribution is 2.61. The number of aliphatic hydroxyl groups is 1. The van der Waals surface area contributed by atoms with Crippen molar-refractivity contribution in [3.05, 3.63) is 0 Å². The third-order valence-electron chi connectivity index (χ3n) is 15.8.